The molecule has 20 heavy (non-hydrogen) atoms. The van der Waals surface area contributed by atoms with Crippen molar-refractivity contribution in [2.24, 2.45) is 0 Å². The standard InChI is InChI=1S/C12H11ClN4O2S/c13-11-10(17(18)19)12(15-7-14-11)16(8-3-4-8)6-9-2-1-5-20-9/h1-2,5,7-8H,3-4,6H2. The lowest BCUT2D eigenvalue weighted by Gasteiger charge is -2.22. The first-order chi connectivity index (χ1) is 9.66. The molecular weight excluding hydrogens is 300 g/mol. The molecule has 0 amide bonds. The minimum atomic E-state index is -0.512. The van der Waals surface area contributed by atoms with Gasteiger partial charge in [0.15, 0.2) is 0 Å². The second kappa shape index (κ2) is 5.34. The molecule has 0 unspecified atom stereocenters. The van der Waals surface area contributed by atoms with Crippen LogP contribution in [0.3, 0.4) is 0 Å². The number of nitro groups is 1. The van der Waals surface area contributed by atoms with E-state index in [-0.39, 0.29) is 10.8 Å². The number of anilines is 1. The van der Waals surface area contributed by atoms with E-state index in [1.165, 1.54) is 6.33 Å². The van der Waals surface area contributed by atoms with Gasteiger partial charge in [-0.15, -0.1) is 11.3 Å². The summed E-state index contributed by atoms with van der Waals surface area (Å²) in [6.07, 6.45) is 3.31. The van der Waals surface area contributed by atoms with Gasteiger partial charge in [-0.1, -0.05) is 17.7 Å². The van der Waals surface area contributed by atoms with Gasteiger partial charge in [-0.05, 0) is 24.3 Å². The molecule has 1 aliphatic carbocycles. The Balaban J connectivity index is 1.99. The molecule has 104 valence electrons. The van der Waals surface area contributed by atoms with Gasteiger partial charge in [-0.3, -0.25) is 10.1 Å². The van der Waals surface area contributed by atoms with Gasteiger partial charge >= 0.3 is 5.69 Å². The predicted molar refractivity (Wildman–Crippen MR) is 77.2 cm³/mol. The fourth-order valence-corrected chi connectivity index (χ4v) is 2.95. The highest BCUT2D eigenvalue weighted by atomic mass is 35.5. The molecular formula is C12H11ClN4O2S. The number of aromatic nitrogens is 2. The van der Waals surface area contributed by atoms with Crippen LogP contribution in [-0.4, -0.2) is 20.9 Å². The molecule has 0 bridgehead atoms. The Labute approximate surface area is 124 Å². The van der Waals surface area contributed by atoms with Gasteiger partial charge in [-0.25, -0.2) is 9.97 Å². The summed E-state index contributed by atoms with van der Waals surface area (Å²) in [4.78, 5) is 21.6. The van der Waals surface area contributed by atoms with Gasteiger partial charge in [0.25, 0.3) is 0 Å². The highest BCUT2D eigenvalue weighted by molar-refractivity contribution is 7.09. The Bertz CT molecular complexity index is 630. The SMILES string of the molecule is O=[N+]([O-])c1c(Cl)ncnc1N(Cc1cccs1)C1CC1. The van der Waals surface area contributed by atoms with E-state index in [2.05, 4.69) is 9.97 Å². The molecule has 1 aliphatic rings. The topological polar surface area (TPSA) is 72.2 Å². The second-order valence-corrected chi connectivity index (χ2v) is 5.92. The van der Waals surface area contributed by atoms with Crippen molar-refractivity contribution in [2.75, 3.05) is 4.90 Å². The molecule has 8 heteroatoms. The maximum Gasteiger partial charge on any atom is 0.348 e. The van der Waals surface area contributed by atoms with Crippen molar-refractivity contribution in [2.45, 2.75) is 25.4 Å². The molecule has 1 fully saturated rings. The maximum absolute atomic E-state index is 11.2. The number of nitrogens with zero attached hydrogens (tertiary/aromatic N) is 4. The molecule has 0 aromatic carbocycles. The van der Waals surface area contributed by atoms with Crippen molar-refractivity contribution in [1.29, 1.82) is 0 Å². The first-order valence-electron chi connectivity index (χ1n) is 6.10. The van der Waals surface area contributed by atoms with E-state index < -0.39 is 4.92 Å². The van der Waals surface area contributed by atoms with E-state index in [0.717, 1.165) is 17.7 Å². The third kappa shape index (κ3) is 2.59. The number of thiophene rings is 1. The first kappa shape index (κ1) is 13.3. The molecule has 3 rings (SSSR count). The van der Waals surface area contributed by atoms with Crippen LogP contribution in [0.2, 0.25) is 5.15 Å². The van der Waals surface area contributed by atoms with E-state index >= 15 is 0 Å². The van der Waals surface area contributed by atoms with Gasteiger partial charge < -0.3 is 4.90 Å². The molecule has 2 heterocycles. The average Bonchev–Trinajstić information content (AvgIpc) is 3.12. The van der Waals surface area contributed by atoms with E-state index in [1.54, 1.807) is 11.3 Å². The zero-order chi connectivity index (χ0) is 14.1. The van der Waals surface area contributed by atoms with Crippen molar-refractivity contribution in [3.05, 3.63) is 44.0 Å². The lowest BCUT2D eigenvalue weighted by Crippen LogP contribution is -2.26. The van der Waals surface area contributed by atoms with E-state index in [0.29, 0.717) is 18.4 Å². The minimum absolute atomic E-state index is 0.114. The van der Waals surface area contributed by atoms with E-state index in [4.69, 9.17) is 11.6 Å². The second-order valence-electron chi connectivity index (χ2n) is 4.53. The van der Waals surface area contributed by atoms with E-state index in [9.17, 15) is 10.1 Å². The minimum Gasteiger partial charge on any atom is -0.343 e. The number of rotatable bonds is 5. The van der Waals surface area contributed by atoms with Crippen LogP contribution in [-0.2, 0) is 6.54 Å². The molecule has 1 saturated carbocycles. The Morgan fingerprint density at radius 1 is 1.50 bits per heavy atom. The summed E-state index contributed by atoms with van der Waals surface area (Å²) >= 11 is 7.48. The molecule has 0 aliphatic heterocycles. The fraction of sp³-hybridized carbons (Fsp3) is 0.333. The van der Waals surface area contributed by atoms with Gasteiger partial charge in [0.2, 0.25) is 11.0 Å². The summed E-state index contributed by atoms with van der Waals surface area (Å²) in [5.41, 5.74) is -0.211. The molecule has 0 spiro atoms. The molecule has 0 N–H and O–H groups in total. The summed E-state index contributed by atoms with van der Waals surface area (Å²) in [6.45, 7) is 0.608. The van der Waals surface area contributed by atoms with Gasteiger partial charge in [0, 0.05) is 10.9 Å². The summed E-state index contributed by atoms with van der Waals surface area (Å²) in [7, 11) is 0. The zero-order valence-corrected chi connectivity index (χ0v) is 12.0. The highest BCUT2D eigenvalue weighted by Crippen LogP contribution is 2.39. The van der Waals surface area contributed by atoms with Crippen LogP contribution in [0.15, 0.2) is 23.8 Å². The average molecular weight is 311 g/mol. The fourth-order valence-electron chi connectivity index (χ4n) is 2.05. The quantitative estimate of drug-likeness (QED) is 0.481. The van der Waals surface area contributed by atoms with Crippen LogP contribution in [0.5, 0.6) is 0 Å². The Morgan fingerprint density at radius 3 is 2.90 bits per heavy atom. The van der Waals surface area contributed by atoms with Crippen LogP contribution in [0.25, 0.3) is 0 Å². The normalized spacial score (nSPS) is 14.2. The van der Waals surface area contributed by atoms with Crippen LogP contribution < -0.4 is 4.90 Å². The number of hydrogen-bond donors (Lipinski definition) is 0. The van der Waals surface area contributed by atoms with Crippen LogP contribution >= 0.6 is 22.9 Å². The monoisotopic (exact) mass is 310 g/mol. The highest BCUT2D eigenvalue weighted by Gasteiger charge is 2.35. The maximum atomic E-state index is 11.2. The third-order valence-corrected chi connectivity index (χ3v) is 4.24. The Hall–Kier alpha value is -1.73. The lowest BCUT2D eigenvalue weighted by molar-refractivity contribution is -0.384. The van der Waals surface area contributed by atoms with Crippen LogP contribution in [0.4, 0.5) is 11.5 Å². The summed E-state index contributed by atoms with van der Waals surface area (Å²) in [5.74, 6) is 0.311. The van der Waals surface area contributed by atoms with Crippen LogP contribution in [0.1, 0.15) is 17.7 Å². The molecule has 2 aromatic heterocycles. The van der Waals surface area contributed by atoms with Crippen molar-refractivity contribution < 1.29 is 4.92 Å². The van der Waals surface area contributed by atoms with Crippen molar-refractivity contribution in [1.82, 2.24) is 9.97 Å². The number of hydrogen-bond acceptors (Lipinski definition) is 6. The lowest BCUT2D eigenvalue weighted by atomic mass is 10.3. The Kier molecular flexibility index (Phi) is 3.54. The molecule has 0 saturated heterocycles. The molecule has 6 nitrogen and oxygen atoms in total. The van der Waals surface area contributed by atoms with Crippen molar-refractivity contribution in [3.63, 3.8) is 0 Å². The predicted octanol–water partition coefficient (Wildman–Crippen LogP) is 3.27. The largest absolute Gasteiger partial charge is 0.348 e. The van der Waals surface area contributed by atoms with E-state index in [1.807, 2.05) is 22.4 Å². The zero-order valence-electron chi connectivity index (χ0n) is 10.4. The van der Waals surface area contributed by atoms with Crippen molar-refractivity contribution in [3.8, 4) is 0 Å². The van der Waals surface area contributed by atoms with Crippen molar-refractivity contribution >= 4 is 34.4 Å². The molecule has 0 radical (unpaired) electrons. The third-order valence-electron chi connectivity index (χ3n) is 3.11. The first-order valence-corrected chi connectivity index (χ1v) is 7.36. The van der Waals surface area contributed by atoms with Gasteiger partial charge in [-0.2, -0.15) is 0 Å². The molecule has 0 atom stereocenters. The summed E-state index contributed by atoms with van der Waals surface area (Å²) in [5, 5.41) is 13.1. The Morgan fingerprint density at radius 2 is 2.30 bits per heavy atom. The van der Waals surface area contributed by atoms with Gasteiger partial charge in [0.05, 0.1) is 11.5 Å². The summed E-state index contributed by atoms with van der Waals surface area (Å²) < 4.78 is 0. The smallest absolute Gasteiger partial charge is 0.343 e. The number of halogens is 1. The van der Waals surface area contributed by atoms with Crippen LogP contribution in [0, 0.1) is 10.1 Å². The molecule has 2 aromatic rings. The summed E-state index contributed by atoms with van der Waals surface area (Å²) in [6, 6.07) is 4.27. The van der Waals surface area contributed by atoms with Gasteiger partial charge in [0.1, 0.15) is 6.33 Å².